The van der Waals surface area contributed by atoms with Gasteiger partial charge < -0.3 is 14.5 Å². The molecule has 0 aliphatic carbocycles. The summed E-state index contributed by atoms with van der Waals surface area (Å²) in [6.45, 7) is -2.40. The van der Waals surface area contributed by atoms with E-state index in [0.29, 0.717) is 11.1 Å². The van der Waals surface area contributed by atoms with Gasteiger partial charge in [0, 0.05) is 0 Å². The molecule has 1 heterocycles. The number of fused-ring (bicyclic) bond motifs is 1. The molecule has 0 atom stereocenters. The molecule has 2 aromatic rings. The molecule has 1 aromatic carbocycles. The Labute approximate surface area is 148 Å². The number of hydrogen-bond donors (Lipinski definition) is 2. The third kappa shape index (κ3) is 6.63. The molecule has 3 amide bonds. The molecule has 2 N–H and O–H groups in total. The van der Waals surface area contributed by atoms with Crippen LogP contribution in [0.3, 0.4) is 0 Å². The highest BCUT2D eigenvalue weighted by molar-refractivity contribution is 7.99. The minimum absolute atomic E-state index is 0.208. The van der Waals surface area contributed by atoms with E-state index in [1.54, 1.807) is 29.6 Å². The molecule has 12 heteroatoms. The highest BCUT2D eigenvalue weighted by atomic mass is 32.2. The van der Waals surface area contributed by atoms with Crippen molar-refractivity contribution in [3.63, 3.8) is 0 Å². The van der Waals surface area contributed by atoms with E-state index >= 15 is 0 Å². The van der Waals surface area contributed by atoms with Gasteiger partial charge in [-0.25, -0.2) is 9.78 Å². The number of amides is 3. The van der Waals surface area contributed by atoms with Crippen molar-refractivity contribution in [2.75, 3.05) is 18.9 Å². The van der Waals surface area contributed by atoms with Gasteiger partial charge in [0.15, 0.2) is 12.2 Å². The molecular weight excluding hydrogens is 379 g/mol. The first-order chi connectivity index (χ1) is 12.2. The highest BCUT2D eigenvalue weighted by Crippen LogP contribution is 2.23. The number of nitrogens with zero attached hydrogens (tertiary/aromatic N) is 1. The molecule has 0 bridgehead atoms. The second kappa shape index (κ2) is 8.56. The third-order valence-electron chi connectivity index (χ3n) is 2.65. The van der Waals surface area contributed by atoms with Gasteiger partial charge in [-0.2, -0.15) is 13.2 Å². The summed E-state index contributed by atoms with van der Waals surface area (Å²) in [6, 6.07) is 5.63. The van der Waals surface area contributed by atoms with E-state index in [-0.39, 0.29) is 11.0 Å². The Hall–Kier alpha value is -2.76. The lowest BCUT2D eigenvalue weighted by molar-refractivity contribution is -0.145. The van der Waals surface area contributed by atoms with Crippen LogP contribution >= 0.6 is 11.8 Å². The van der Waals surface area contributed by atoms with Crippen LogP contribution in [0.5, 0.6) is 0 Å². The predicted molar refractivity (Wildman–Crippen MR) is 83.3 cm³/mol. The van der Waals surface area contributed by atoms with Crippen LogP contribution in [0.4, 0.5) is 18.0 Å². The zero-order chi connectivity index (χ0) is 19.2. The van der Waals surface area contributed by atoms with E-state index in [4.69, 9.17) is 4.42 Å². The number of rotatable bonds is 6. The predicted octanol–water partition coefficient (Wildman–Crippen LogP) is 1.85. The molecule has 0 saturated heterocycles. The first-order valence-electron chi connectivity index (χ1n) is 7.01. The summed E-state index contributed by atoms with van der Waals surface area (Å²) in [6.07, 6.45) is -4.60. The molecule has 1 aromatic heterocycles. The average Bonchev–Trinajstić information content (AvgIpc) is 2.98. The van der Waals surface area contributed by atoms with E-state index in [2.05, 4.69) is 9.72 Å². The lowest BCUT2D eigenvalue weighted by Crippen LogP contribution is -2.44. The zero-order valence-electron chi connectivity index (χ0n) is 13.0. The van der Waals surface area contributed by atoms with Crippen molar-refractivity contribution in [1.29, 1.82) is 0 Å². The summed E-state index contributed by atoms with van der Waals surface area (Å²) in [7, 11) is 0. The molecular formula is C14H12F3N3O5S. The quantitative estimate of drug-likeness (QED) is 0.571. The number of alkyl halides is 3. The van der Waals surface area contributed by atoms with Crippen LogP contribution in [0, 0.1) is 0 Å². The number of thioether (sulfide) groups is 1. The molecule has 0 radical (unpaired) electrons. The molecule has 0 aliphatic heterocycles. The number of hydrogen-bond acceptors (Lipinski definition) is 7. The summed E-state index contributed by atoms with van der Waals surface area (Å²) in [4.78, 5) is 38.0. The van der Waals surface area contributed by atoms with Crippen LogP contribution in [0.15, 0.2) is 33.9 Å². The number of ether oxygens (including phenoxy) is 1. The second-order valence-corrected chi connectivity index (χ2v) is 5.67. The van der Waals surface area contributed by atoms with Gasteiger partial charge in [-0.05, 0) is 12.1 Å². The van der Waals surface area contributed by atoms with Crippen molar-refractivity contribution in [3.8, 4) is 0 Å². The van der Waals surface area contributed by atoms with Crippen molar-refractivity contribution < 1.29 is 36.7 Å². The number of aromatic nitrogens is 1. The SMILES string of the molecule is O=C(COC(=O)CSc1nc2ccccc2o1)NC(=O)NCC(F)(F)F. The van der Waals surface area contributed by atoms with Crippen molar-refractivity contribution in [3.05, 3.63) is 24.3 Å². The molecule has 0 unspecified atom stereocenters. The van der Waals surface area contributed by atoms with E-state index < -0.39 is 37.2 Å². The van der Waals surface area contributed by atoms with Gasteiger partial charge in [-0.15, -0.1) is 0 Å². The minimum atomic E-state index is -4.60. The normalized spacial score (nSPS) is 11.2. The summed E-state index contributed by atoms with van der Waals surface area (Å²) in [5, 5.41) is 3.27. The molecule has 2 rings (SSSR count). The van der Waals surface area contributed by atoms with Gasteiger partial charge in [-0.3, -0.25) is 14.9 Å². The van der Waals surface area contributed by atoms with Crippen LogP contribution in [-0.4, -0.2) is 48.0 Å². The number of para-hydroxylation sites is 2. The number of nitrogens with one attached hydrogen (secondary N) is 2. The number of oxazole rings is 1. The number of halogens is 3. The number of urea groups is 1. The minimum Gasteiger partial charge on any atom is -0.455 e. The van der Waals surface area contributed by atoms with Crippen molar-refractivity contribution in [2.24, 2.45) is 0 Å². The Morgan fingerprint density at radius 3 is 2.65 bits per heavy atom. The van der Waals surface area contributed by atoms with Crippen molar-refractivity contribution in [1.82, 2.24) is 15.6 Å². The Morgan fingerprint density at radius 1 is 1.23 bits per heavy atom. The van der Waals surface area contributed by atoms with Crippen LogP contribution in [-0.2, 0) is 14.3 Å². The second-order valence-electron chi connectivity index (χ2n) is 4.74. The van der Waals surface area contributed by atoms with Gasteiger partial charge in [0.2, 0.25) is 0 Å². The topological polar surface area (TPSA) is 111 Å². The number of carbonyl (C=O) groups excluding carboxylic acids is 3. The maximum atomic E-state index is 11.9. The van der Waals surface area contributed by atoms with E-state index in [0.717, 1.165) is 11.8 Å². The molecule has 0 spiro atoms. The maximum Gasteiger partial charge on any atom is 0.405 e. The first kappa shape index (κ1) is 19.6. The molecule has 140 valence electrons. The monoisotopic (exact) mass is 391 g/mol. The van der Waals surface area contributed by atoms with Crippen LogP contribution in [0.25, 0.3) is 11.1 Å². The van der Waals surface area contributed by atoms with Crippen LogP contribution < -0.4 is 10.6 Å². The van der Waals surface area contributed by atoms with Gasteiger partial charge in [0.05, 0.1) is 0 Å². The van der Waals surface area contributed by atoms with Gasteiger partial charge in [-0.1, -0.05) is 23.9 Å². The largest absolute Gasteiger partial charge is 0.455 e. The summed E-state index contributed by atoms with van der Waals surface area (Å²) in [5.74, 6) is -2.06. The maximum absolute atomic E-state index is 11.9. The van der Waals surface area contributed by atoms with Crippen molar-refractivity contribution >= 4 is 40.8 Å². The van der Waals surface area contributed by atoms with E-state index in [1.807, 2.05) is 0 Å². The number of esters is 1. The number of carbonyl (C=O) groups is 3. The highest BCUT2D eigenvalue weighted by Gasteiger charge is 2.28. The van der Waals surface area contributed by atoms with Crippen LogP contribution in [0.1, 0.15) is 0 Å². The average molecular weight is 391 g/mol. The summed E-state index contributed by atoms with van der Waals surface area (Å²) in [5.41, 5.74) is 1.17. The first-order valence-corrected chi connectivity index (χ1v) is 8.00. The van der Waals surface area contributed by atoms with Crippen molar-refractivity contribution in [2.45, 2.75) is 11.4 Å². The fourth-order valence-corrected chi connectivity index (χ4v) is 2.24. The Morgan fingerprint density at radius 2 is 1.96 bits per heavy atom. The van der Waals surface area contributed by atoms with Gasteiger partial charge in [0.1, 0.15) is 17.8 Å². The fraction of sp³-hybridized carbons (Fsp3) is 0.286. The van der Waals surface area contributed by atoms with E-state index in [9.17, 15) is 27.6 Å². The fourth-order valence-electron chi connectivity index (χ4n) is 1.61. The third-order valence-corrected chi connectivity index (χ3v) is 3.46. The van der Waals surface area contributed by atoms with Crippen LogP contribution in [0.2, 0.25) is 0 Å². The number of benzene rings is 1. The van der Waals surface area contributed by atoms with E-state index in [1.165, 1.54) is 5.32 Å². The smallest absolute Gasteiger partial charge is 0.405 e. The number of imide groups is 1. The van der Waals surface area contributed by atoms with Gasteiger partial charge in [0.25, 0.3) is 11.1 Å². The Balaban J connectivity index is 1.67. The standard InChI is InChI=1S/C14H12F3N3O5S/c15-14(16,17)7-18-12(23)20-10(21)5-24-11(22)6-26-13-19-8-3-1-2-4-9(8)25-13/h1-4H,5-7H2,(H2,18,20,21,23). The lowest BCUT2D eigenvalue weighted by Gasteiger charge is -2.09. The lowest BCUT2D eigenvalue weighted by atomic mass is 10.3. The molecule has 0 saturated carbocycles. The summed E-state index contributed by atoms with van der Waals surface area (Å²) >= 11 is 0.942. The molecule has 26 heavy (non-hydrogen) atoms. The Bertz CT molecular complexity index is 775. The summed E-state index contributed by atoms with van der Waals surface area (Å²) < 4.78 is 45.6. The molecule has 0 aliphatic rings. The zero-order valence-corrected chi connectivity index (χ0v) is 13.8. The van der Waals surface area contributed by atoms with Gasteiger partial charge >= 0.3 is 18.2 Å². The molecule has 0 fully saturated rings. The Kier molecular flexibility index (Phi) is 6.44. The molecule has 8 nitrogen and oxygen atoms in total.